The molecule has 0 spiro atoms. The maximum atomic E-state index is 12.7. The highest BCUT2D eigenvalue weighted by Gasteiger charge is 2.26. The van der Waals surface area contributed by atoms with Crippen LogP contribution < -0.4 is 15.0 Å². The van der Waals surface area contributed by atoms with E-state index in [0.717, 1.165) is 37.1 Å². The molecule has 1 N–H and O–H groups in total. The Kier molecular flexibility index (Phi) is 6.37. The van der Waals surface area contributed by atoms with Crippen molar-refractivity contribution in [2.75, 3.05) is 30.4 Å². The number of rotatable bonds is 5. The van der Waals surface area contributed by atoms with E-state index in [0.29, 0.717) is 22.4 Å². The Morgan fingerprint density at radius 1 is 1.10 bits per heavy atom. The molecule has 0 unspecified atom stereocenters. The van der Waals surface area contributed by atoms with Crippen LogP contribution in [0.2, 0.25) is 5.02 Å². The van der Waals surface area contributed by atoms with Crippen molar-refractivity contribution >= 4 is 29.1 Å². The molecule has 160 valence electrons. The Morgan fingerprint density at radius 3 is 2.48 bits per heavy atom. The monoisotopic (exact) mass is 436 g/mol. The molecule has 1 aromatic heterocycles. The van der Waals surface area contributed by atoms with Gasteiger partial charge in [0, 0.05) is 42.7 Å². The standard InChI is InChI=1S/C24H25ClN4O2/c1-16-4-3-5-18(12-16)19-14-26-24(27-15-19)29-10-8-17(9-11-29)23(30)28-20-6-7-22(31-2)21(25)13-20/h3-7,12-15,17H,8-11H2,1-2H3,(H,28,30). The molecule has 4 rings (SSSR count). The second-order valence-electron chi connectivity index (χ2n) is 7.74. The van der Waals surface area contributed by atoms with E-state index in [2.05, 4.69) is 45.3 Å². The van der Waals surface area contributed by atoms with Gasteiger partial charge in [0.05, 0.1) is 12.1 Å². The van der Waals surface area contributed by atoms with Crippen LogP contribution >= 0.6 is 11.6 Å². The maximum Gasteiger partial charge on any atom is 0.227 e. The molecule has 0 atom stereocenters. The van der Waals surface area contributed by atoms with Crippen LogP contribution in [0, 0.1) is 12.8 Å². The van der Waals surface area contributed by atoms with E-state index in [1.807, 2.05) is 18.5 Å². The number of anilines is 2. The summed E-state index contributed by atoms with van der Waals surface area (Å²) in [5, 5.41) is 3.43. The van der Waals surface area contributed by atoms with Crippen molar-refractivity contribution in [3.05, 3.63) is 65.4 Å². The van der Waals surface area contributed by atoms with E-state index in [1.54, 1.807) is 25.3 Å². The number of carbonyl (C=O) groups is 1. The predicted molar refractivity (Wildman–Crippen MR) is 124 cm³/mol. The number of aromatic nitrogens is 2. The lowest BCUT2D eigenvalue weighted by Gasteiger charge is -2.31. The molecule has 0 saturated carbocycles. The maximum absolute atomic E-state index is 12.7. The lowest BCUT2D eigenvalue weighted by molar-refractivity contribution is -0.120. The number of aryl methyl sites for hydroxylation is 1. The minimum Gasteiger partial charge on any atom is -0.495 e. The molecule has 0 bridgehead atoms. The third kappa shape index (κ3) is 4.97. The lowest BCUT2D eigenvalue weighted by atomic mass is 9.96. The molecule has 2 aromatic carbocycles. The van der Waals surface area contributed by atoms with Crippen LogP contribution in [-0.4, -0.2) is 36.1 Å². The molecule has 1 saturated heterocycles. The fraction of sp³-hybridized carbons (Fsp3) is 0.292. The number of amides is 1. The number of halogens is 1. The minimum atomic E-state index is -0.0521. The smallest absolute Gasteiger partial charge is 0.227 e. The summed E-state index contributed by atoms with van der Waals surface area (Å²) < 4.78 is 5.15. The summed E-state index contributed by atoms with van der Waals surface area (Å²) in [4.78, 5) is 23.9. The van der Waals surface area contributed by atoms with Crippen LogP contribution in [0.3, 0.4) is 0 Å². The van der Waals surface area contributed by atoms with Gasteiger partial charge in [0.25, 0.3) is 0 Å². The number of hydrogen-bond donors (Lipinski definition) is 1. The van der Waals surface area contributed by atoms with Crippen molar-refractivity contribution in [3.63, 3.8) is 0 Å². The average molecular weight is 437 g/mol. The van der Waals surface area contributed by atoms with Crippen LogP contribution in [0.5, 0.6) is 5.75 Å². The van der Waals surface area contributed by atoms with Crippen LogP contribution in [0.25, 0.3) is 11.1 Å². The average Bonchev–Trinajstić information content (AvgIpc) is 2.79. The zero-order valence-electron chi connectivity index (χ0n) is 17.6. The van der Waals surface area contributed by atoms with Crippen LogP contribution in [0.4, 0.5) is 11.6 Å². The number of nitrogens with one attached hydrogen (secondary N) is 1. The molecule has 1 amide bonds. The van der Waals surface area contributed by atoms with Crippen molar-refractivity contribution in [2.24, 2.45) is 5.92 Å². The van der Waals surface area contributed by atoms with Crippen molar-refractivity contribution in [3.8, 4) is 16.9 Å². The second-order valence-corrected chi connectivity index (χ2v) is 8.15. The first kappa shape index (κ1) is 21.1. The van der Waals surface area contributed by atoms with Gasteiger partial charge in [0.2, 0.25) is 11.9 Å². The Hall–Kier alpha value is -3.12. The van der Waals surface area contributed by atoms with Crippen molar-refractivity contribution < 1.29 is 9.53 Å². The molecule has 0 radical (unpaired) electrons. The van der Waals surface area contributed by atoms with Crippen molar-refractivity contribution in [2.45, 2.75) is 19.8 Å². The number of nitrogens with zero attached hydrogens (tertiary/aromatic N) is 3. The molecule has 2 heterocycles. The molecule has 3 aromatic rings. The minimum absolute atomic E-state index is 0.0107. The van der Waals surface area contributed by atoms with Gasteiger partial charge >= 0.3 is 0 Å². The van der Waals surface area contributed by atoms with E-state index >= 15 is 0 Å². The Bertz CT molecular complexity index is 1060. The van der Waals surface area contributed by atoms with Gasteiger partial charge in [-0.3, -0.25) is 4.79 Å². The summed E-state index contributed by atoms with van der Waals surface area (Å²) in [6.07, 6.45) is 5.23. The number of carbonyl (C=O) groups excluding carboxylic acids is 1. The van der Waals surface area contributed by atoms with Crippen LogP contribution in [-0.2, 0) is 4.79 Å². The lowest BCUT2D eigenvalue weighted by Crippen LogP contribution is -2.39. The fourth-order valence-corrected chi connectivity index (χ4v) is 4.05. The molecular formula is C24H25ClN4O2. The van der Waals surface area contributed by atoms with Gasteiger partial charge in [0.1, 0.15) is 5.75 Å². The number of hydrogen-bond acceptors (Lipinski definition) is 5. The summed E-state index contributed by atoms with van der Waals surface area (Å²) in [6.45, 7) is 3.55. The molecule has 1 fully saturated rings. The largest absolute Gasteiger partial charge is 0.495 e. The quantitative estimate of drug-likeness (QED) is 0.611. The zero-order chi connectivity index (χ0) is 21.8. The first-order valence-electron chi connectivity index (χ1n) is 10.3. The highest BCUT2D eigenvalue weighted by molar-refractivity contribution is 6.32. The SMILES string of the molecule is COc1ccc(NC(=O)C2CCN(c3ncc(-c4cccc(C)c4)cn3)CC2)cc1Cl. The Balaban J connectivity index is 1.34. The summed E-state index contributed by atoms with van der Waals surface area (Å²) in [5.74, 6) is 1.25. The molecule has 0 aliphatic carbocycles. The molecular weight excluding hydrogens is 412 g/mol. The predicted octanol–water partition coefficient (Wildman–Crippen LogP) is 4.97. The van der Waals surface area contributed by atoms with Gasteiger partial charge in [-0.15, -0.1) is 0 Å². The number of ether oxygens (including phenoxy) is 1. The van der Waals surface area contributed by atoms with E-state index in [4.69, 9.17) is 16.3 Å². The molecule has 7 heteroatoms. The number of piperidine rings is 1. The van der Waals surface area contributed by atoms with E-state index in [9.17, 15) is 4.79 Å². The van der Waals surface area contributed by atoms with Gasteiger partial charge in [-0.1, -0.05) is 41.4 Å². The number of benzene rings is 2. The molecule has 1 aliphatic heterocycles. The van der Waals surface area contributed by atoms with Crippen LogP contribution in [0.15, 0.2) is 54.9 Å². The Labute approximate surface area is 187 Å². The second kappa shape index (κ2) is 9.35. The topological polar surface area (TPSA) is 67.3 Å². The normalized spacial score (nSPS) is 14.4. The van der Waals surface area contributed by atoms with E-state index in [-0.39, 0.29) is 11.8 Å². The third-order valence-corrected chi connectivity index (χ3v) is 5.85. The zero-order valence-corrected chi connectivity index (χ0v) is 18.4. The van der Waals surface area contributed by atoms with E-state index < -0.39 is 0 Å². The summed E-state index contributed by atoms with van der Waals surface area (Å²) in [7, 11) is 1.56. The van der Waals surface area contributed by atoms with E-state index in [1.165, 1.54) is 5.56 Å². The van der Waals surface area contributed by atoms with Gasteiger partial charge in [-0.05, 0) is 43.5 Å². The molecule has 1 aliphatic rings. The van der Waals surface area contributed by atoms with Crippen molar-refractivity contribution in [1.29, 1.82) is 0 Å². The van der Waals surface area contributed by atoms with Gasteiger partial charge in [0.15, 0.2) is 0 Å². The summed E-state index contributed by atoms with van der Waals surface area (Å²) in [6, 6.07) is 13.5. The highest BCUT2D eigenvalue weighted by Crippen LogP contribution is 2.28. The van der Waals surface area contributed by atoms with Crippen molar-refractivity contribution in [1.82, 2.24) is 9.97 Å². The summed E-state index contributed by atoms with van der Waals surface area (Å²) >= 11 is 6.15. The van der Waals surface area contributed by atoms with Gasteiger partial charge in [-0.25, -0.2) is 9.97 Å². The highest BCUT2D eigenvalue weighted by atomic mass is 35.5. The first-order chi connectivity index (χ1) is 15.0. The van der Waals surface area contributed by atoms with Gasteiger partial charge < -0.3 is 15.0 Å². The first-order valence-corrected chi connectivity index (χ1v) is 10.7. The van der Waals surface area contributed by atoms with Gasteiger partial charge in [-0.2, -0.15) is 0 Å². The molecule has 31 heavy (non-hydrogen) atoms. The molecule has 6 nitrogen and oxygen atoms in total. The van der Waals surface area contributed by atoms with Crippen LogP contribution in [0.1, 0.15) is 18.4 Å². The number of methoxy groups -OCH3 is 1. The third-order valence-electron chi connectivity index (χ3n) is 5.56. The Morgan fingerprint density at radius 2 is 1.84 bits per heavy atom. The summed E-state index contributed by atoms with van der Waals surface area (Å²) in [5.41, 5.74) is 3.99. The fourth-order valence-electron chi connectivity index (χ4n) is 3.79.